The van der Waals surface area contributed by atoms with E-state index in [-0.39, 0.29) is 10.6 Å². The number of nitro benzene ring substituents is 1. The van der Waals surface area contributed by atoms with E-state index in [1.54, 1.807) is 19.1 Å². The van der Waals surface area contributed by atoms with Crippen LogP contribution in [0.3, 0.4) is 0 Å². The molecule has 1 aliphatic rings. The maximum atomic E-state index is 11.0. The second kappa shape index (κ2) is 9.43. The van der Waals surface area contributed by atoms with Crippen molar-refractivity contribution in [3.8, 4) is 0 Å². The van der Waals surface area contributed by atoms with E-state index < -0.39 is 0 Å². The van der Waals surface area contributed by atoms with E-state index in [1.165, 1.54) is 6.07 Å². The maximum Gasteiger partial charge on any atom is 0.272 e. The first kappa shape index (κ1) is 21.3. The van der Waals surface area contributed by atoms with Crippen molar-refractivity contribution in [2.24, 2.45) is 17.3 Å². The van der Waals surface area contributed by atoms with Gasteiger partial charge in [-0.05, 0) is 24.7 Å². The fourth-order valence-corrected chi connectivity index (χ4v) is 3.30. The van der Waals surface area contributed by atoms with Crippen molar-refractivity contribution < 1.29 is 9.72 Å². The molecule has 130 valence electrons. The molecule has 4 nitrogen and oxygen atoms in total. The summed E-state index contributed by atoms with van der Waals surface area (Å²) in [5.74, 6) is 1.39. The van der Waals surface area contributed by atoms with Gasteiger partial charge in [0.2, 0.25) is 0 Å². The van der Waals surface area contributed by atoms with Crippen molar-refractivity contribution in [2.75, 3.05) is 0 Å². The van der Waals surface area contributed by atoms with Crippen molar-refractivity contribution in [3.63, 3.8) is 0 Å². The van der Waals surface area contributed by atoms with Crippen LogP contribution in [0.5, 0.6) is 0 Å². The monoisotopic (exact) mass is 321 g/mol. The molecule has 0 amide bonds. The quantitative estimate of drug-likeness (QED) is 0.548. The average Bonchev–Trinajstić information content (AvgIpc) is 3.11. The lowest BCUT2D eigenvalue weighted by atomic mass is 10.1. The lowest BCUT2D eigenvalue weighted by Crippen LogP contribution is -1.99. The van der Waals surface area contributed by atoms with E-state index >= 15 is 0 Å². The fourth-order valence-electron chi connectivity index (χ4n) is 3.30. The van der Waals surface area contributed by atoms with Crippen LogP contribution in [0, 0.1) is 27.4 Å². The van der Waals surface area contributed by atoms with Crippen molar-refractivity contribution in [1.29, 1.82) is 0 Å². The molecule has 2 rings (SSSR count). The Balaban J connectivity index is 0.000000381. The molecule has 1 aliphatic carbocycles. The van der Waals surface area contributed by atoms with Gasteiger partial charge in [0.25, 0.3) is 5.69 Å². The Bertz CT molecular complexity index is 523. The normalized spacial score (nSPS) is 20.3. The van der Waals surface area contributed by atoms with Gasteiger partial charge < -0.3 is 0 Å². The zero-order valence-corrected chi connectivity index (χ0v) is 15.6. The maximum absolute atomic E-state index is 11.0. The number of benzene rings is 1. The standard InChI is InChI=1S/C9H16O.C8H9NO2.C2H6/c1-5-7-8(6(2)10)9(7,3)4;1-2-7-5-3-4-6-8(7)9(10)11;1-2/h7-8H,5H2,1-4H3;3-6H,2H2,1H3;1-2H3. The highest BCUT2D eigenvalue weighted by Crippen LogP contribution is 2.60. The highest BCUT2D eigenvalue weighted by molar-refractivity contribution is 5.82. The molecule has 0 bridgehead atoms. The number of nitrogens with zero attached hydrogens (tertiary/aromatic N) is 1. The fraction of sp³-hybridized carbons (Fsp3) is 0.632. The molecule has 0 aliphatic heterocycles. The number of ketones is 1. The molecule has 0 saturated heterocycles. The summed E-state index contributed by atoms with van der Waals surface area (Å²) in [5, 5.41) is 10.4. The van der Waals surface area contributed by atoms with Crippen LogP contribution in [-0.4, -0.2) is 10.7 Å². The first-order valence-corrected chi connectivity index (χ1v) is 8.50. The van der Waals surface area contributed by atoms with Gasteiger partial charge in [-0.15, -0.1) is 0 Å². The summed E-state index contributed by atoms with van der Waals surface area (Å²) in [7, 11) is 0. The molecule has 0 radical (unpaired) electrons. The summed E-state index contributed by atoms with van der Waals surface area (Å²) in [6.45, 7) is 14.2. The van der Waals surface area contributed by atoms with Crippen LogP contribution in [0.15, 0.2) is 24.3 Å². The zero-order valence-electron chi connectivity index (χ0n) is 15.6. The van der Waals surface area contributed by atoms with Gasteiger partial charge in [0.1, 0.15) is 5.78 Å². The molecule has 0 N–H and O–H groups in total. The molecular formula is C19H31NO3. The lowest BCUT2D eigenvalue weighted by Gasteiger charge is -1.97. The highest BCUT2D eigenvalue weighted by Gasteiger charge is 2.58. The molecule has 1 fully saturated rings. The molecule has 0 spiro atoms. The van der Waals surface area contributed by atoms with Gasteiger partial charge in [-0.2, -0.15) is 0 Å². The Morgan fingerprint density at radius 1 is 1.22 bits per heavy atom. The van der Waals surface area contributed by atoms with E-state index in [0.29, 0.717) is 29.5 Å². The number of carbonyl (C=O) groups is 1. The summed E-state index contributed by atoms with van der Waals surface area (Å²) in [6, 6.07) is 6.79. The van der Waals surface area contributed by atoms with E-state index in [9.17, 15) is 14.9 Å². The van der Waals surface area contributed by atoms with Crippen LogP contribution in [-0.2, 0) is 11.2 Å². The van der Waals surface area contributed by atoms with Gasteiger partial charge in [0.15, 0.2) is 0 Å². The van der Waals surface area contributed by atoms with Crippen molar-refractivity contribution in [1.82, 2.24) is 0 Å². The number of nitro groups is 1. The van der Waals surface area contributed by atoms with Crippen LogP contribution < -0.4 is 0 Å². The van der Waals surface area contributed by atoms with E-state index in [2.05, 4.69) is 20.8 Å². The number of carbonyl (C=O) groups excluding carboxylic acids is 1. The minimum absolute atomic E-state index is 0.218. The predicted molar refractivity (Wildman–Crippen MR) is 95.6 cm³/mol. The van der Waals surface area contributed by atoms with Crippen molar-refractivity contribution in [2.45, 2.75) is 61.3 Å². The molecule has 1 aromatic rings. The Kier molecular flexibility index (Phi) is 8.73. The summed E-state index contributed by atoms with van der Waals surface area (Å²) < 4.78 is 0. The summed E-state index contributed by atoms with van der Waals surface area (Å²) in [4.78, 5) is 21.0. The van der Waals surface area contributed by atoms with Gasteiger partial charge in [-0.3, -0.25) is 14.9 Å². The second-order valence-corrected chi connectivity index (χ2v) is 6.16. The van der Waals surface area contributed by atoms with Gasteiger partial charge in [0, 0.05) is 17.5 Å². The molecular weight excluding hydrogens is 290 g/mol. The Labute approximate surface area is 140 Å². The van der Waals surface area contributed by atoms with Crippen molar-refractivity contribution in [3.05, 3.63) is 39.9 Å². The van der Waals surface area contributed by atoms with Crippen LogP contribution in [0.25, 0.3) is 0 Å². The average molecular weight is 321 g/mol. The third kappa shape index (κ3) is 5.45. The highest BCUT2D eigenvalue weighted by atomic mass is 16.6. The lowest BCUT2D eigenvalue weighted by molar-refractivity contribution is -0.385. The number of Topliss-reactive ketones (excluding diaryl/α,β-unsaturated/α-hetero) is 1. The van der Waals surface area contributed by atoms with Gasteiger partial charge in [-0.25, -0.2) is 0 Å². The molecule has 23 heavy (non-hydrogen) atoms. The van der Waals surface area contributed by atoms with Gasteiger partial charge >= 0.3 is 0 Å². The summed E-state index contributed by atoms with van der Waals surface area (Å²) >= 11 is 0. The smallest absolute Gasteiger partial charge is 0.272 e. The first-order valence-electron chi connectivity index (χ1n) is 8.50. The number of rotatable bonds is 4. The number of hydrogen-bond acceptors (Lipinski definition) is 3. The van der Waals surface area contributed by atoms with Gasteiger partial charge in [-0.1, -0.05) is 66.2 Å². The molecule has 4 heteroatoms. The number of aryl methyl sites for hydroxylation is 1. The molecule has 2 unspecified atom stereocenters. The van der Waals surface area contributed by atoms with Crippen LogP contribution in [0.2, 0.25) is 0 Å². The zero-order chi connectivity index (χ0) is 18.2. The number of hydrogen-bond donors (Lipinski definition) is 0. The molecule has 2 atom stereocenters. The predicted octanol–water partition coefficient (Wildman–Crippen LogP) is 5.44. The Morgan fingerprint density at radius 3 is 2.00 bits per heavy atom. The van der Waals surface area contributed by atoms with Gasteiger partial charge in [0.05, 0.1) is 4.92 Å². The van der Waals surface area contributed by atoms with Crippen molar-refractivity contribution >= 4 is 11.5 Å². The minimum atomic E-state index is -0.348. The van der Waals surface area contributed by atoms with E-state index in [0.717, 1.165) is 12.0 Å². The first-order chi connectivity index (χ1) is 10.8. The molecule has 0 aromatic heterocycles. The minimum Gasteiger partial charge on any atom is -0.300 e. The topological polar surface area (TPSA) is 60.2 Å². The Morgan fingerprint density at radius 2 is 1.74 bits per heavy atom. The third-order valence-electron chi connectivity index (χ3n) is 4.50. The summed E-state index contributed by atoms with van der Waals surface area (Å²) in [6.07, 6.45) is 1.86. The van der Waals surface area contributed by atoms with E-state index in [4.69, 9.17) is 0 Å². The van der Waals surface area contributed by atoms with Crippen LogP contribution in [0.4, 0.5) is 5.69 Å². The second-order valence-electron chi connectivity index (χ2n) is 6.16. The van der Waals surface area contributed by atoms with Crippen LogP contribution >= 0.6 is 0 Å². The summed E-state index contributed by atoms with van der Waals surface area (Å²) in [5.41, 5.74) is 1.31. The molecule has 1 aromatic carbocycles. The third-order valence-corrected chi connectivity index (χ3v) is 4.50. The number of para-hydroxylation sites is 1. The largest absolute Gasteiger partial charge is 0.300 e. The molecule has 0 heterocycles. The Hall–Kier alpha value is -1.71. The van der Waals surface area contributed by atoms with Crippen LogP contribution in [0.1, 0.15) is 60.5 Å². The van der Waals surface area contributed by atoms with E-state index in [1.807, 2.05) is 26.8 Å². The molecule has 1 saturated carbocycles. The SMILES string of the molecule is CC.CCC1C(C(C)=O)C1(C)C.CCc1ccccc1[N+](=O)[O-].